The lowest BCUT2D eigenvalue weighted by Crippen LogP contribution is -2.04. The first kappa shape index (κ1) is 16.4. The van der Waals surface area contributed by atoms with E-state index in [1.165, 1.54) is 6.07 Å². The van der Waals surface area contributed by atoms with Crippen molar-refractivity contribution in [2.75, 3.05) is 5.32 Å². The Bertz CT molecular complexity index is 1000. The molecule has 0 unspecified atom stereocenters. The van der Waals surface area contributed by atoms with Crippen LogP contribution >= 0.6 is 0 Å². The van der Waals surface area contributed by atoms with Crippen LogP contribution in [0.5, 0.6) is 0 Å². The monoisotopic (exact) mass is 352 g/mol. The molecule has 0 aromatic heterocycles. The number of halogens is 3. The zero-order valence-corrected chi connectivity index (χ0v) is 13.9. The zero-order chi connectivity index (χ0) is 18.3. The topological polar surface area (TPSA) is 24.4 Å². The Balaban J connectivity index is 1.95. The molecular formula is C21H15F3N2. The first-order valence-corrected chi connectivity index (χ1v) is 8.15. The van der Waals surface area contributed by atoms with Crippen LogP contribution in [0.1, 0.15) is 22.3 Å². The maximum atomic E-state index is 13.1. The van der Waals surface area contributed by atoms with Crippen LogP contribution in [0.15, 0.2) is 71.7 Å². The minimum absolute atomic E-state index is 0.270. The lowest BCUT2D eigenvalue weighted by molar-refractivity contribution is -0.137. The minimum Gasteiger partial charge on any atom is -0.353 e. The molecular weight excluding hydrogens is 337 g/mol. The number of aliphatic imine (C=N–C) groups is 1. The number of rotatable bonds is 1. The molecule has 3 aromatic carbocycles. The molecule has 0 saturated carbocycles. The molecule has 2 nitrogen and oxygen atoms in total. The molecule has 1 aliphatic rings. The fourth-order valence-corrected chi connectivity index (χ4v) is 2.96. The van der Waals surface area contributed by atoms with Gasteiger partial charge in [-0.2, -0.15) is 13.2 Å². The molecule has 0 aliphatic carbocycles. The predicted octanol–water partition coefficient (Wildman–Crippen LogP) is 6.24. The van der Waals surface area contributed by atoms with Crippen molar-refractivity contribution in [2.45, 2.75) is 13.1 Å². The smallest absolute Gasteiger partial charge is 0.353 e. The highest BCUT2D eigenvalue weighted by Gasteiger charge is 2.31. The number of benzene rings is 3. The fraction of sp³-hybridized carbons (Fsp3) is 0.0952. The van der Waals surface area contributed by atoms with E-state index in [0.717, 1.165) is 34.5 Å². The van der Waals surface area contributed by atoms with Crippen LogP contribution < -0.4 is 5.32 Å². The normalized spacial score (nSPS) is 13.2. The number of nitrogens with zero attached hydrogens (tertiary/aromatic N) is 1. The molecule has 0 fully saturated rings. The van der Waals surface area contributed by atoms with Crippen molar-refractivity contribution in [2.24, 2.45) is 4.99 Å². The van der Waals surface area contributed by atoms with Crippen molar-refractivity contribution in [1.82, 2.24) is 0 Å². The summed E-state index contributed by atoms with van der Waals surface area (Å²) in [5.41, 5.74) is 4.37. The van der Waals surface area contributed by atoms with Crippen LogP contribution in [0.2, 0.25) is 0 Å². The van der Waals surface area contributed by atoms with Gasteiger partial charge in [0.15, 0.2) is 0 Å². The Morgan fingerprint density at radius 2 is 1.58 bits per heavy atom. The summed E-state index contributed by atoms with van der Waals surface area (Å²) in [6.07, 6.45) is -4.41. The molecule has 4 rings (SSSR count). The third-order valence-corrected chi connectivity index (χ3v) is 4.33. The number of hydrogen-bond acceptors (Lipinski definition) is 2. The highest BCUT2D eigenvalue weighted by atomic mass is 19.4. The summed E-state index contributed by atoms with van der Waals surface area (Å²) >= 11 is 0. The average Bonchev–Trinajstić information content (AvgIpc) is 2.77. The summed E-state index contributed by atoms with van der Waals surface area (Å²) in [5, 5.41) is 3.21. The van der Waals surface area contributed by atoms with E-state index >= 15 is 0 Å². The van der Waals surface area contributed by atoms with Crippen LogP contribution in [0.25, 0.3) is 0 Å². The molecule has 1 aliphatic heterocycles. The van der Waals surface area contributed by atoms with Crippen molar-refractivity contribution >= 4 is 22.8 Å². The zero-order valence-electron chi connectivity index (χ0n) is 13.9. The standard InChI is InChI=1S/C21H15F3N2/c1-13-6-8-14(9-7-13)20-16-4-2-3-5-17(16)25-18-11-10-15(21(22,23)24)12-19(18)26-20/h2-12,25H,1H3. The molecule has 0 saturated heterocycles. The summed E-state index contributed by atoms with van der Waals surface area (Å²) in [5.74, 6) is 0. The first-order valence-electron chi connectivity index (χ1n) is 8.15. The van der Waals surface area contributed by atoms with Crippen molar-refractivity contribution < 1.29 is 13.2 Å². The van der Waals surface area contributed by atoms with E-state index < -0.39 is 11.7 Å². The molecule has 0 radical (unpaired) electrons. The van der Waals surface area contributed by atoms with Gasteiger partial charge in [0.05, 0.1) is 22.6 Å². The van der Waals surface area contributed by atoms with Crippen LogP contribution in [0, 0.1) is 6.92 Å². The summed E-state index contributed by atoms with van der Waals surface area (Å²) < 4.78 is 39.4. The summed E-state index contributed by atoms with van der Waals surface area (Å²) in [4.78, 5) is 4.61. The summed E-state index contributed by atoms with van der Waals surface area (Å²) in [6, 6.07) is 19.0. The van der Waals surface area contributed by atoms with E-state index in [9.17, 15) is 13.2 Å². The summed E-state index contributed by atoms with van der Waals surface area (Å²) in [7, 11) is 0. The second-order valence-electron chi connectivity index (χ2n) is 6.23. The van der Waals surface area contributed by atoms with E-state index in [-0.39, 0.29) is 5.69 Å². The minimum atomic E-state index is -4.41. The molecule has 1 heterocycles. The van der Waals surface area contributed by atoms with Crippen LogP contribution in [-0.4, -0.2) is 5.71 Å². The largest absolute Gasteiger partial charge is 0.416 e. The van der Waals surface area contributed by atoms with Gasteiger partial charge in [0.1, 0.15) is 0 Å². The van der Waals surface area contributed by atoms with Crippen molar-refractivity contribution in [3.05, 3.63) is 89.0 Å². The van der Waals surface area contributed by atoms with Crippen molar-refractivity contribution in [1.29, 1.82) is 0 Å². The van der Waals surface area contributed by atoms with E-state index in [0.29, 0.717) is 11.4 Å². The maximum Gasteiger partial charge on any atom is 0.416 e. The van der Waals surface area contributed by atoms with Crippen molar-refractivity contribution in [3.8, 4) is 0 Å². The second-order valence-corrected chi connectivity index (χ2v) is 6.23. The Labute approximate surface area is 149 Å². The van der Waals surface area contributed by atoms with Gasteiger partial charge in [-0.3, -0.25) is 0 Å². The third kappa shape index (κ3) is 2.96. The highest BCUT2D eigenvalue weighted by molar-refractivity contribution is 6.18. The van der Waals surface area contributed by atoms with Gasteiger partial charge in [-0.1, -0.05) is 48.0 Å². The van der Waals surface area contributed by atoms with E-state index in [4.69, 9.17) is 0 Å². The first-order chi connectivity index (χ1) is 12.4. The molecule has 0 amide bonds. The Morgan fingerprint density at radius 1 is 0.846 bits per heavy atom. The number of fused-ring (bicyclic) bond motifs is 2. The fourth-order valence-electron chi connectivity index (χ4n) is 2.96. The quantitative estimate of drug-likeness (QED) is 0.431. The van der Waals surface area contributed by atoms with Crippen molar-refractivity contribution in [3.63, 3.8) is 0 Å². The average molecular weight is 352 g/mol. The Kier molecular flexibility index (Phi) is 3.80. The Morgan fingerprint density at radius 3 is 2.31 bits per heavy atom. The van der Waals surface area contributed by atoms with Gasteiger partial charge >= 0.3 is 6.18 Å². The van der Waals surface area contributed by atoms with Gasteiger partial charge in [0.25, 0.3) is 0 Å². The second kappa shape index (κ2) is 6.02. The van der Waals surface area contributed by atoms with Crippen LogP contribution in [0.4, 0.5) is 30.2 Å². The van der Waals surface area contributed by atoms with Gasteiger partial charge in [-0.05, 0) is 31.2 Å². The molecule has 0 spiro atoms. The van der Waals surface area contributed by atoms with Gasteiger partial charge < -0.3 is 5.32 Å². The number of alkyl halides is 3. The lowest BCUT2D eigenvalue weighted by Gasteiger charge is -2.11. The van der Waals surface area contributed by atoms with Crippen LogP contribution in [-0.2, 0) is 6.18 Å². The molecule has 1 N–H and O–H groups in total. The number of para-hydroxylation sites is 1. The Hall–Kier alpha value is -3.08. The van der Waals surface area contributed by atoms with E-state index in [1.807, 2.05) is 55.5 Å². The molecule has 130 valence electrons. The summed E-state index contributed by atoms with van der Waals surface area (Å²) in [6.45, 7) is 1.99. The van der Waals surface area contributed by atoms with Gasteiger partial charge in [-0.25, -0.2) is 4.99 Å². The van der Waals surface area contributed by atoms with Gasteiger partial charge in [0, 0.05) is 16.8 Å². The third-order valence-electron chi connectivity index (χ3n) is 4.33. The van der Waals surface area contributed by atoms with E-state index in [1.54, 1.807) is 0 Å². The molecule has 0 bridgehead atoms. The number of aryl methyl sites for hydroxylation is 1. The predicted molar refractivity (Wildman–Crippen MR) is 97.6 cm³/mol. The maximum absolute atomic E-state index is 13.1. The number of hydrogen-bond donors (Lipinski definition) is 1. The van der Waals surface area contributed by atoms with Crippen LogP contribution in [0.3, 0.4) is 0 Å². The molecule has 26 heavy (non-hydrogen) atoms. The number of nitrogens with one attached hydrogen (secondary N) is 1. The SMILES string of the molecule is Cc1ccc(C2=Nc3cc(C(F)(F)F)ccc3Nc3ccccc32)cc1. The van der Waals surface area contributed by atoms with Gasteiger partial charge in [-0.15, -0.1) is 0 Å². The number of anilines is 2. The van der Waals surface area contributed by atoms with Gasteiger partial charge in [0.2, 0.25) is 0 Å². The molecule has 3 aromatic rings. The highest BCUT2D eigenvalue weighted by Crippen LogP contribution is 2.39. The molecule has 5 heteroatoms. The molecule has 0 atom stereocenters. The van der Waals surface area contributed by atoms with E-state index in [2.05, 4.69) is 10.3 Å². The lowest BCUT2D eigenvalue weighted by atomic mass is 10.00.